The lowest BCUT2D eigenvalue weighted by Gasteiger charge is -2.39. The summed E-state index contributed by atoms with van der Waals surface area (Å²) in [6, 6.07) is 6.16. The van der Waals surface area contributed by atoms with Crippen LogP contribution in [0.4, 0.5) is 19.1 Å². The van der Waals surface area contributed by atoms with E-state index in [-0.39, 0.29) is 47.6 Å². The lowest BCUT2D eigenvalue weighted by molar-refractivity contribution is -0.274. The number of hydrogen-bond acceptors (Lipinski definition) is 8. The molecule has 2 bridgehead atoms. The number of para-hydroxylation sites is 1. The first-order chi connectivity index (χ1) is 18.7. The minimum Gasteiger partial charge on any atom is -0.478 e. The zero-order chi connectivity index (χ0) is 27.3. The Bertz CT molecular complexity index is 1360. The Labute approximate surface area is 221 Å². The molecular formula is C27H27F3N4O5. The highest BCUT2D eigenvalue weighted by atomic mass is 19.4. The maximum atomic E-state index is 13.1. The van der Waals surface area contributed by atoms with E-state index in [4.69, 9.17) is 14.4 Å². The van der Waals surface area contributed by atoms with Crippen molar-refractivity contribution in [2.75, 3.05) is 4.90 Å². The van der Waals surface area contributed by atoms with Crippen molar-refractivity contribution in [2.45, 2.75) is 76.1 Å². The molecule has 0 radical (unpaired) electrons. The molecule has 4 heterocycles. The van der Waals surface area contributed by atoms with Crippen LogP contribution in [0.15, 0.2) is 41.2 Å². The zero-order valence-corrected chi connectivity index (χ0v) is 21.1. The van der Waals surface area contributed by atoms with E-state index in [0.717, 1.165) is 32.1 Å². The van der Waals surface area contributed by atoms with Gasteiger partial charge >= 0.3 is 12.3 Å². The summed E-state index contributed by atoms with van der Waals surface area (Å²) in [6.07, 6.45) is 1.96. The number of carbonyl (C=O) groups is 1. The number of carboxylic acids is 1. The number of rotatable bonds is 8. The molecule has 3 fully saturated rings. The summed E-state index contributed by atoms with van der Waals surface area (Å²) in [5.41, 5.74) is 1.20. The quantitative estimate of drug-likeness (QED) is 0.389. The third-order valence-electron chi connectivity index (χ3n) is 7.80. The molecule has 2 aromatic heterocycles. The Kier molecular flexibility index (Phi) is 6.44. The molecule has 39 heavy (non-hydrogen) atoms. The van der Waals surface area contributed by atoms with Gasteiger partial charge in [0, 0.05) is 41.5 Å². The van der Waals surface area contributed by atoms with Crippen LogP contribution in [0.3, 0.4) is 0 Å². The van der Waals surface area contributed by atoms with Gasteiger partial charge in [-0.2, -0.15) is 0 Å². The van der Waals surface area contributed by atoms with Crippen molar-refractivity contribution < 1.29 is 37.1 Å². The second kappa shape index (κ2) is 9.82. The van der Waals surface area contributed by atoms with Gasteiger partial charge in [-0.25, -0.2) is 14.8 Å². The first-order valence-electron chi connectivity index (χ1n) is 13.0. The van der Waals surface area contributed by atoms with Crippen molar-refractivity contribution >= 4 is 11.9 Å². The zero-order valence-electron chi connectivity index (χ0n) is 21.1. The number of benzene rings is 1. The SMILES string of the molecule is C[C@@H]1CC2CC(OCc3c(-c4ccccc4OC(F)(F)F)noc3C3CC3)CC1N2c1ncc(C(=O)O)cn1. The van der Waals surface area contributed by atoms with Gasteiger partial charge in [-0.05, 0) is 50.2 Å². The lowest BCUT2D eigenvalue weighted by Crippen LogP contribution is -2.47. The van der Waals surface area contributed by atoms with E-state index in [9.17, 15) is 18.0 Å². The van der Waals surface area contributed by atoms with Crippen LogP contribution >= 0.6 is 0 Å². The molecule has 2 saturated heterocycles. The van der Waals surface area contributed by atoms with Crippen LogP contribution in [0.2, 0.25) is 0 Å². The van der Waals surface area contributed by atoms with Crippen LogP contribution in [-0.2, 0) is 11.3 Å². The van der Waals surface area contributed by atoms with Gasteiger partial charge in [0.2, 0.25) is 5.95 Å². The smallest absolute Gasteiger partial charge is 0.478 e. The third-order valence-corrected chi connectivity index (χ3v) is 7.80. The van der Waals surface area contributed by atoms with Gasteiger partial charge in [0.25, 0.3) is 0 Å². The predicted octanol–water partition coefficient (Wildman–Crippen LogP) is 5.57. The number of anilines is 1. The standard InChI is InChI=1S/C27H27F3N4O5/c1-14-8-17-9-18(10-21(14)34(17)26-31-11-16(12-32-26)25(35)36)37-13-20-23(33-39-24(20)15-6-7-15)19-4-2-3-5-22(19)38-27(28,29)30/h2-5,11-12,14-15,17-18,21H,6-10,13H2,1H3,(H,35,36)/t14-,17?,18?,21?/m1/s1. The summed E-state index contributed by atoms with van der Waals surface area (Å²) in [7, 11) is 0. The molecule has 4 atom stereocenters. The summed E-state index contributed by atoms with van der Waals surface area (Å²) in [5, 5.41) is 13.3. The molecule has 6 rings (SSSR count). The number of hydrogen-bond donors (Lipinski definition) is 1. The highest BCUT2D eigenvalue weighted by molar-refractivity contribution is 5.86. The van der Waals surface area contributed by atoms with E-state index in [1.165, 1.54) is 30.6 Å². The van der Waals surface area contributed by atoms with Gasteiger partial charge in [0.1, 0.15) is 17.2 Å². The first kappa shape index (κ1) is 25.6. The summed E-state index contributed by atoms with van der Waals surface area (Å²) >= 11 is 0. The summed E-state index contributed by atoms with van der Waals surface area (Å²) in [5.74, 6) is 0.312. The van der Waals surface area contributed by atoms with Crippen LogP contribution in [0, 0.1) is 5.92 Å². The fourth-order valence-corrected chi connectivity index (χ4v) is 5.90. The van der Waals surface area contributed by atoms with Crippen LogP contribution in [0.5, 0.6) is 5.75 Å². The van der Waals surface area contributed by atoms with Gasteiger partial charge in [-0.3, -0.25) is 0 Å². The predicted molar refractivity (Wildman–Crippen MR) is 131 cm³/mol. The third kappa shape index (κ3) is 5.17. The van der Waals surface area contributed by atoms with E-state index < -0.39 is 12.3 Å². The monoisotopic (exact) mass is 544 g/mol. The summed E-state index contributed by atoms with van der Waals surface area (Å²) < 4.78 is 55.5. The number of alkyl halides is 3. The van der Waals surface area contributed by atoms with Gasteiger partial charge < -0.3 is 24.0 Å². The average molecular weight is 545 g/mol. The molecule has 206 valence electrons. The van der Waals surface area contributed by atoms with Crippen LogP contribution in [0.25, 0.3) is 11.3 Å². The molecule has 3 aliphatic rings. The number of carboxylic acid groups (broad SMARTS) is 1. The second-order valence-corrected chi connectivity index (χ2v) is 10.5. The number of piperidine rings is 1. The average Bonchev–Trinajstić information content (AvgIpc) is 3.61. The van der Waals surface area contributed by atoms with E-state index in [1.807, 2.05) is 0 Å². The topological polar surface area (TPSA) is 111 Å². The Morgan fingerprint density at radius 1 is 1.15 bits per heavy atom. The van der Waals surface area contributed by atoms with E-state index in [0.29, 0.717) is 28.9 Å². The van der Waals surface area contributed by atoms with E-state index >= 15 is 0 Å². The number of aromatic carboxylic acids is 1. The normalized spacial score (nSPS) is 24.7. The number of fused-ring (bicyclic) bond motifs is 2. The summed E-state index contributed by atoms with van der Waals surface area (Å²) in [4.78, 5) is 22.0. The second-order valence-electron chi connectivity index (χ2n) is 10.5. The van der Waals surface area contributed by atoms with Crippen LogP contribution in [-0.4, -0.2) is 50.8 Å². The number of halogens is 3. The van der Waals surface area contributed by atoms with Gasteiger partial charge in [-0.15, -0.1) is 13.2 Å². The number of ether oxygens (including phenoxy) is 2. The molecule has 9 nitrogen and oxygen atoms in total. The summed E-state index contributed by atoms with van der Waals surface area (Å²) in [6.45, 7) is 2.33. The maximum Gasteiger partial charge on any atom is 0.573 e. The molecule has 12 heteroatoms. The van der Waals surface area contributed by atoms with Crippen molar-refractivity contribution in [3.8, 4) is 17.0 Å². The molecule has 2 aliphatic heterocycles. The Morgan fingerprint density at radius 3 is 2.56 bits per heavy atom. The fourth-order valence-electron chi connectivity index (χ4n) is 5.90. The van der Waals surface area contributed by atoms with Gasteiger partial charge in [0.05, 0.1) is 18.3 Å². The fraction of sp³-hybridized carbons (Fsp3) is 0.481. The molecule has 1 aromatic carbocycles. The lowest BCUT2D eigenvalue weighted by atomic mass is 9.97. The van der Waals surface area contributed by atoms with Crippen molar-refractivity contribution in [1.29, 1.82) is 0 Å². The van der Waals surface area contributed by atoms with Crippen LogP contribution < -0.4 is 9.64 Å². The van der Waals surface area contributed by atoms with Gasteiger partial charge in [0.15, 0.2) is 0 Å². The van der Waals surface area contributed by atoms with Crippen molar-refractivity contribution in [3.05, 3.63) is 53.5 Å². The van der Waals surface area contributed by atoms with Crippen molar-refractivity contribution in [3.63, 3.8) is 0 Å². The molecule has 0 spiro atoms. The van der Waals surface area contributed by atoms with Gasteiger partial charge in [-0.1, -0.05) is 24.2 Å². The number of aromatic nitrogens is 3. The van der Waals surface area contributed by atoms with E-state index in [2.05, 4.69) is 31.7 Å². The minimum atomic E-state index is -4.84. The molecule has 1 aliphatic carbocycles. The van der Waals surface area contributed by atoms with Crippen molar-refractivity contribution in [1.82, 2.24) is 15.1 Å². The molecule has 1 saturated carbocycles. The molecule has 3 unspecified atom stereocenters. The Morgan fingerprint density at radius 2 is 1.90 bits per heavy atom. The Hall–Kier alpha value is -3.67. The Balaban J connectivity index is 1.21. The highest BCUT2D eigenvalue weighted by Gasteiger charge is 2.47. The molecular weight excluding hydrogens is 517 g/mol. The first-order valence-corrected chi connectivity index (χ1v) is 13.0. The minimum absolute atomic E-state index is 0.0376. The highest BCUT2D eigenvalue weighted by Crippen LogP contribution is 2.47. The maximum absolute atomic E-state index is 13.1. The van der Waals surface area contributed by atoms with Crippen molar-refractivity contribution in [2.24, 2.45) is 5.92 Å². The molecule has 0 amide bonds. The molecule has 3 aromatic rings. The van der Waals surface area contributed by atoms with Crippen LogP contribution in [0.1, 0.15) is 66.6 Å². The largest absolute Gasteiger partial charge is 0.573 e. The molecule has 1 N–H and O–H groups in total. The number of nitrogens with zero attached hydrogens (tertiary/aromatic N) is 4. The van der Waals surface area contributed by atoms with E-state index in [1.54, 1.807) is 6.07 Å².